The molecule has 0 radical (unpaired) electrons. The van der Waals surface area contributed by atoms with E-state index in [4.69, 9.17) is 0 Å². The molecule has 0 aliphatic rings. The Bertz CT molecular complexity index is 75.5. The van der Waals surface area contributed by atoms with Gasteiger partial charge in [0, 0.05) is 6.42 Å². The summed E-state index contributed by atoms with van der Waals surface area (Å²) in [6.45, 7) is 2.11. The molecule has 0 bridgehead atoms. The number of carbonyl (C=O) groups excluding carboxylic acids is 1. The van der Waals surface area contributed by atoms with E-state index in [1.54, 1.807) is 0 Å². The monoisotopic (exact) mass is 150 g/mol. The molecular weight excluding hydrogens is 134 g/mol. The summed E-state index contributed by atoms with van der Waals surface area (Å²) < 4.78 is 0. The van der Waals surface area contributed by atoms with Gasteiger partial charge in [0.2, 0.25) is 0 Å². The van der Waals surface area contributed by atoms with Gasteiger partial charge in [0.25, 0.3) is 0 Å². The molecule has 0 saturated carbocycles. The van der Waals surface area contributed by atoms with Crippen molar-refractivity contribution in [3.8, 4) is 0 Å². The average molecular weight is 150 g/mol. The van der Waals surface area contributed by atoms with Crippen molar-refractivity contribution in [2.45, 2.75) is 32.6 Å². The van der Waals surface area contributed by atoms with Gasteiger partial charge in [-0.1, -0.05) is 19.8 Å². The van der Waals surface area contributed by atoms with Gasteiger partial charge in [-0.25, -0.2) is 0 Å². The Kier molecular flexibility index (Phi) is 10.4. The Morgan fingerprint density at radius 3 is 2.33 bits per heavy atom. The molecular formula is C6H16NOS+. The van der Waals surface area contributed by atoms with Crippen LogP contribution in [0.5, 0.6) is 0 Å². The summed E-state index contributed by atoms with van der Waals surface area (Å²) in [6.07, 6.45) is 3.95. The molecule has 56 valence electrons. The molecule has 0 spiro atoms. The third-order valence-electron chi connectivity index (χ3n) is 0.994. The van der Waals surface area contributed by atoms with Crippen molar-refractivity contribution in [3.63, 3.8) is 0 Å². The predicted molar refractivity (Wildman–Crippen MR) is 44.1 cm³/mol. The topological polar surface area (TPSA) is 53.6 Å². The fourth-order valence-corrected chi connectivity index (χ4v) is 0.684. The first-order valence-electron chi connectivity index (χ1n) is 2.99. The van der Waals surface area contributed by atoms with Gasteiger partial charge in [-0.05, 0) is 6.42 Å². The lowest BCUT2D eigenvalue weighted by Gasteiger charge is -1.90. The van der Waals surface area contributed by atoms with Crippen LogP contribution >= 0.6 is 12.6 Å². The molecule has 2 nitrogen and oxygen atoms in total. The zero-order valence-electron chi connectivity index (χ0n) is 6.18. The van der Waals surface area contributed by atoms with Crippen LogP contribution < -0.4 is 6.15 Å². The lowest BCUT2D eigenvalue weighted by molar-refractivity contribution is -0.110. The molecule has 0 rings (SSSR count). The zero-order valence-corrected chi connectivity index (χ0v) is 7.08. The van der Waals surface area contributed by atoms with Gasteiger partial charge >= 0.3 is 0 Å². The molecule has 0 saturated heterocycles. The molecule has 0 atom stereocenters. The van der Waals surface area contributed by atoms with Crippen LogP contribution in [0.3, 0.4) is 0 Å². The van der Waals surface area contributed by atoms with E-state index >= 15 is 0 Å². The standard InChI is InChI=1S/C6H12OS.H3N/c1-2-3-4-5-6(7)8;/h2-5H2,1H3,(H,7,8);1H3/p+1. The van der Waals surface area contributed by atoms with Crippen molar-refractivity contribution in [3.05, 3.63) is 0 Å². The second kappa shape index (κ2) is 7.98. The minimum atomic E-state index is 0. The van der Waals surface area contributed by atoms with Gasteiger partial charge in [0.1, 0.15) is 0 Å². The van der Waals surface area contributed by atoms with Crippen molar-refractivity contribution in [1.29, 1.82) is 0 Å². The third kappa shape index (κ3) is 11.5. The summed E-state index contributed by atoms with van der Waals surface area (Å²) in [5.41, 5.74) is 0. The maximum atomic E-state index is 10.2. The number of thiol groups is 1. The van der Waals surface area contributed by atoms with E-state index in [-0.39, 0.29) is 11.3 Å². The van der Waals surface area contributed by atoms with Crippen LogP contribution in [0.25, 0.3) is 0 Å². The van der Waals surface area contributed by atoms with Crippen LogP contribution in [-0.2, 0) is 4.79 Å². The maximum Gasteiger partial charge on any atom is 0.185 e. The summed E-state index contributed by atoms with van der Waals surface area (Å²) in [5, 5.41) is 0.0125. The van der Waals surface area contributed by atoms with Crippen molar-refractivity contribution >= 4 is 17.7 Å². The van der Waals surface area contributed by atoms with Crippen LogP contribution in [0, 0.1) is 0 Å². The normalized spacial score (nSPS) is 8.22. The maximum absolute atomic E-state index is 10.2. The van der Waals surface area contributed by atoms with Crippen LogP contribution in [-0.4, -0.2) is 5.12 Å². The molecule has 0 unspecified atom stereocenters. The van der Waals surface area contributed by atoms with E-state index in [1.165, 1.54) is 6.42 Å². The highest BCUT2D eigenvalue weighted by molar-refractivity contribution is 7.96. The Hall–Kier alpha value is -0.0200. The molecule has 0 fully saturated rings. The molecule has 0 heterocycles. The quantitative estimate of drug-likeness (QED) is 0.469. The summed E-state index contributed by atoms with van der Waals surface area (Å²) >= 11 is 3.63. The van der Waals surface area contributed by atoms with Crippen LogP contribution in [0.4, 0.5) is 0 Å². The molecule has 4 N–H and O–H groups in total. The van der Waals surface area contributed by atoms with Crippen molar-refractivity contribution < 1.29 is 4.79 Å². The predicted octanol–water partition coefficient (Wildman–Crippen LogP) is 2.40. The largest absolute Gasteiger partial charge is 0.369 e. The number of hydrogen-bond acceptors (Lipinski definition) is 1. The van der Waals surface area contributed by atoms with E-state index in [1.807, 2.05) is 0 Å². The number of hydrogen-bond donors (Lipinski definition) is 2. The van der Waals surface area contributed by atoms with E-state index in [2.05, 4.69) is 19.6 Å². The highest BCUT2D eigenvalue weighted by atomic mass is 32.1. The van der Waals surface area contributed by atoms with Gasteiger partial charge in [-0.15, -0.1) is 12.6 Å². The number of unbranched alkanes of at least 4 members (excludes halogenated alkanes) is 2. The second-order valence-electron chi connectivity index (χ2n) is 1.85. The van der Waals surface area contributed by atoms with E-state index in [0.29, 0.717) is 6.42 Å². The van der Waals surface area contributed by atoms with Gasteiger partial charge in [-0.2, -0.15) is 0 Å². The first-order chi connectivity index (χ1) is 3.77. The fourth-order valence-electron chi connectivity index (χ4n) is 0.526. The smallest absolute Gasteiger partial charge is 0.185 e. The minimum Gasteiger partial charge on any atom is -0.369 e. The van der Waals surface area contributed by atoms with Crippen LogP contribution in [0.1, 0.15) is 32.6 Å². The van der Waals surface area contributed by atoms with Gasteiger partial charge < -0.3 is 6.15 Å². The van der Waals surface area contributed by atoms with Gasteiger partial charge in [-0.3, -0.25) is 4.79 Å². The Morgan fingerprint density at radius 2 is 2.00 bits per heavy atom. The van der Waals surface area contributed by atoms with Gasteiger partial charge in [0.15, 0.2) is 5.12 Å². The molecule has 3 heteroatoms. The molecule has 0 aromatic heterocycles. The third-order valence-corrected chi connectivity index (χ3v) is 1.22. The summed E-state index contributed by atoms with van der Waals surface area (Å²) in [7, 11) is 0. The number of rotatable bonds is 4. The summed E-state index contributed by atoms with van der Waals surface area (Å²) in [6, 6.07) is 0. The number of carbonyl (C=O) groups is 1. The molecule has 9 heavy (non-hydrogen) atoms. The Balaban J connectivity index is 0. The van der Waals surface area contributed by atoms with Crippen molar-refractivity contribution in [1.82, 2.24) is 6.15 Å². The fraction of sp³-hybridized carbons (Fsp3) is 0.833. The highest BCUT2D eigenvalue weighted by Crippen LogP contribution is 2.00. The van der Waals surface area contributed by atoms with E-state index in [9.17, 15) is 4.79 Å². The first-order valence-corrected chi connectivity index (χ1v) is 3.44. The lowest BCUT2D eigenvalue weighted by Crippen LogP contribution is -1.84. The van der Waals surface area contributed by atoms with E-state index in [0.717, 1.165) is 12.8 Å². The minimum absolute atomic E-state index is 0. The van der Waals surface area contributed by atoms with E-state index < -0.39 is 0 Å². The highest BCUT2D eigenvalue weighted by Gasteiger charge is 1.90. The van der Waals surface area contributed by atoms with Crippen LogP contribution in [0.15, 0.2) is 0 Å². The average Bonchev–Trinajstić information content (AvgIpc) is 1.66. The molecule has 0 aliphatic heterocycles. The second-order valence-corrected chi connectivity index (χ2v) is 2.35. The molecule has 0 amide bonds. The summed E-state index contributed by atoms with van der Waals surface area (Å²) in [5.74, 6) is 0. The Morgan fingerprint density at radius 1 is 1.44 bits per heavy atom. The van der Waals surface area contributed by atoms with Crippen molar-refractivity contribution in [2.75, 3.05) is 0 Å². The lowest BCUT2D eigenvalue weighted by atomic mass is 10.2. The first kappa shape index (κ1) is 11.7. The Labute approximate surface area is 62.0 Å². The number of quaternary nitrogens is 1. The molecule has 0 aliphatic carbocycles. The zero-order chi connectivity index (χ0) is 6.41. The van der Waals surface area contributed by atoms with Crippen LogP contribution in [0.2, 0.25) is 0 Å². The summed E-state index contributed by atoms with van der Waals surface area (Å²) in [4.78, 5) is 10.2. The molecule has 0 aromatic carbocycles. The SMILES string of the molecule is CCCCCC(=O)S.[NH4+]. The van der Waals surface area contributed by atoms with Gasteiger partial charge in [0.05, 0.1) is 0 Å². The molecule has 0 aromatic rings. The van der Waals surface area contributed by atoms with Crippen molar-refractivity contribution in [2.24, 2.45) is 0 Å².